The summed E-state index contributed by atoms with van der Waals surface area (Å²) in [6.45, 7) is 1.80. The van der Waals surface area contributed by atoms with E-state index in [1.165, 1.54) is 11.8 Å². The molecule has 196 valence electrons. The highest BCUT2D eigenvalue weighted by atomic mass is 35.5. The van der Waals surface area contributed by atoms with Gasteiger partial charge in [-0.2, -0.15) is 0 Å². The van der Waals surface area contributed by atoms with E-state index in [9.17, 15) is 14.4 Å². The van der Waals surface area contributed by atoms with Gasteiger partial charge in [-0.1, -0.05) is 48.0 Å². The van der Waals surface area contributed by atoms with Crippen LogP contribution in [0.15, 0.2) is 114 Å². The molecule has 0 aliphatic carbocycles. The van der Waals surface area contributed by atoms with Crippen molar-refractivity contribution in [1.29, 1.82) is 0 Å². The van der Waals surface area contributed by atoms with Crippen LogP contribution in [0.3, 0.4) is 0 Å². The second-order valence-electron chi connectivity index (χ2n) is 8.37. The molecule has 1 atom stereocenters. The molecule has 3 amide bonds. The fourth-order valence-electron chi connectivity index (χ4n) is 3.44. The van der Waals surface area contributed by atoms with Gasteiger partial charge in [0, 0.05) is 28.5 Å². The zero-order valence-electron chi connectivity index (χ0n) is 20.9. The number of benzene rings is 3. The molecule has 1 unspecified atom stereocenters. The molecule has 0 fully saturated rings. The number of hydrogen-bond acceptors (Lipinski definition) is 5. The molecule has 0 radical (unpaired) electrons. The van der Waals surface area contributed by atoms with Crippen molar-refractivity contribution < 1.29 is 14.4 Å². The topological polar surface area (TPSA) is 100 Å². The van der Waals surface area contributed by atoms with E-state index in [1.54, 1.807) is 98.2 Å². The number of nitrogens with one attached hydrogen (secondary N) is 3. The first-order chi connectivity index (χ1) is 18.9. The third-order valence-electron chi connectivity index (χ3n) is 5.45. The fourth-order valence-corrected chi connectivity index (χ4v) is 4.49. The smallest absolute Gasteiger partial charge is 0.272 e. The first kappa shape index (κ1) is 27.6. The van der Waals surface area contributed by atoms with Crippen LogP contribution in [0.1, 0.15) is 22.8 Å². The van der Waals surface area contributed by atoms with Gasteiger partial charge in [-0.15, -0.1) is 11.8 Å². The van der Waals surface area contributed by atoms with Crippen LogP contribution < -0.4 is 16.0 Å². The highest BCUT2D eigenvalue weighted by Crippen LogP contribution is 2.27. The molecule has 39 heavy (non-hydrogen) atoms. The van der Waals surface area contributed by atoms with E-state index in [0.29, 0.717) is 27.5 Å². The highest BCUT2D eigenvalue weighted by molar-refractivity contribution is 8.00. The molecular formula is C30H25ClN4O3S. The largest absolute Gasteiger partial charge is 0.324 e. The van der Waals surface area contributed by atoms with Crippen LogP contribution >= 0.6 is 23.4 Å². The Bertz CT molecular complexity index is 1480. The molecule has 0 aliphatic rings. The Labute approximate surface area is 235 Å². The molecule has 1 aromatic heterocycles. The van der Waals surface area contributed by atoms with E-state index >= 15 is 0 Å². The van der Waals surface area contributed by atoms with Crippen LogP contribution in [-0.2, 0) is 9.59 Å². The predicted molar refractivity (Wildman–Crippen MR) is 157 cm³/mol. The zero-order chi connectivity index (χ0) is 27.6. The number of pyridine rings is 1. The summed E-state index contributed by atoms with van der Waals surface area (Å²) in [4.78, 5) is 43.4. The van der Waals surface area contributed by atoms with Gasteiger partial charge in [-0.25, -0.2) is 0 Å². The van der Waals surface area contributed by atoms with Crippen molar-refractivity contribution in [3.8, 4) is 0 Å². The lowest BCUT2D eigenvalue weighted by Crippen LogP contribution is -2.30. The van der Waals surface area contributed by atoms with Crippen molar-refractivity contribution >= 4 is 58.5 Å². The van der Waals surface area contributed by atoms with Crippen LogP contribution in [-0.4, -0.2) is 28.0 Å². The number of carbonyl (C=O) groups is 3. The summed E-state index contributed by atoms with van der Waals surface area (Å²) in [5, 5.41) is 8.44. The average molecular weight is 557 g/mol. The van der Waals surface area contributed by atoms with Crippen molar-refractivity contribution in [3.05, 3.63) is 125 Å². The van der Waals surface area contributed by atoms with Crippen LogP contribution in [0, 0.1) is 0 Å². The van der Waals surface area contributed by atoms with Gasteiger partial charge in [-0.05, 0) is 73.2 Å². The van der Waals surface area contributed by atoms with Gasteiger partial charge in [0.15, 0.2) is 0 Å². The molecular weight excluding hydrogens is 532 g/mol. The molecule has 0 bridgehead atoms. The third kappa shape index (κ3) is 8.04. The van der Waals surface area contributed by atoms with Gasteiger partial charge in [-0.3, -0.25) is 19.4 Å². The molecule has 4 rings (SSSR count). The summed E-state index contributed by atoms with van der Waals surface area (Å²) < 4.78 is 0. The fraction of sp³-hybridized carbons (Fsp3) is 0.0667. The minimum absolute atomic E-state index is 0.0696. The predicted octanol–water partition coefficient (Wildman–Crippen LogP) is 6.26. The highest BCUT2D eigenvalue weighted by Gasteiger charge is 2.17. The van der Waals surface area contributed by atoms with Crippen LogP contribution in [0.4, 0.5) is 11.4 Å². The minimum Gasteiger partial charge on any atom is -0.324 e. The number of halogens is 1. The summed E-state index contributed by atoms with van der Waals surface area (Å²) in [5.74, 6) is -1.07. The van der Waals surface area contributed by atoms with Crippen LogP contribution in [0.5, 0.6) is 0 Å². The lowest BCUT2D eigenvalue weighted by Gasteiger charge is -2.14. The number of nitrogens with zero attached hydrogens (tertiary/aromatic N) is 1. The van der Waals surface area contributed by atoms with Crippen molar-refractivity contribution in [2.75, 3.05) is 10.6 Å². The van der Waals surface area contributed by atoms with Gasteiger partial charge in [0.05, 0.1) is 16.0 Å². The Hall–Kier alpha value is -4.40. The lowest BCUT2D eigenvalue weighted by molar-refractivity contribution is -0.115. The Morgan fingerprint density at radius 2 is 1.59 bits per heavy atom. The number of hydrogen-bond donors (Lipinski definition) is 3. The molecule has 3 aromatic carbocycles. The van der Waals surface area contributed by atoms with Crippen molar-refractivity contribution in [1.82, 2.24) is 10.3 Å². The maximum Gasteiger partial charge on any atom is 0.272 e. The second kappa shape index (κ2) is 13.4. The molecule has 1 heterocycles. The number of carbonyl (C=O) groups excluding carboxylic acids is 3. The monoisotopic (exact) mass is 556 g/mol. The summed E-state index contributed by atoms with van der Waals surface area (Å²) in [5.41, 5.74) is 2.25. The summed E-state index contributed by atoms with van der Waals surface area (Å²) in [6, 6.07) is 26.3. The van der Waals surface area contributed by atoms with Gasteiger partial charge < -0.3 is 16.0 Å². The molecule has 4 aromatic rings. The Morgan fingerprint density at radius 3 is 2.28 bits per heavy atom. The number of para-hydroxylation sites is 1. The first-order valence-corrected chi connectivity index (χ1v) is 13.3. The first-order valence-electron chi connectivity index (χ1n) is 12.0. The molecule has 0 aliphatic heterocycles. The lowest BCUT2D eigenvalue weighted by atomic mass is 10.2. The van der Waals surface area contributed by atoms with Crippen LogP contribution in [0.25, 0.3) is 6.08 Å². The summed E-state index contributed by atoms with van der Waals surface area (Å²) in [7, 11) is 0. The van der Waals surface area contributed by atoms with E-state index in [-0.39, 0.29) is 16.9 Å². The normalized spacial score (nSPS) is 11.8. The van der Waals surface area contributed by atoms with E-state index in [0.717, 1.165) is 4.90 Å². The Balaban J connectivity index is 1.42. The molecule has 0 saturated heterocycles. The maximum absolute atomic E-state index is 13.2. The molecule has 7 nitrogen and oxygen atoms in total. The molecule has 0 saturated carbocycles. The summed E-state index contributed by atoms with van der Waals surface area (Å²) in [6.07, 6.45) is 4.78. The number of thioether (sulfide) groups is 1. The quantitative estimate of drug-likeness (QED) is 0.167. The van der Waals surface area contributed by atoms with Crippen molar-refractivity contribution in [3.63, 3.8) is 0 Å². The van der Waals surface area contributed by atoms with E-state index in [1.807, 2.05) is 18.2 Å². The number of rotatable bonds is 9. The SMILES string of the molecule is CC(Sc1ccc(NC(=O)/C(=C/c2cccnc2)NC(=O)c2ccccc2)cc1)C(=O)Nc1ccccc1Cl. The van der Waals surface area contributed by atoms with Gasteiger partial charge in [0.25, 0.3) is 11.8 Å². The number of amides is 3. The second-order valence-corrected chi connectivity index (χ2v) is 10.2. The van der Waals surface area contributed by atoms with Gasteiger partial charge in [0.1, 0.15) is 5.70 Å². The Morgan fingerprint density at radius 1 is 0.872 bits per heavy atom. The van der Waals surface area contributed by atoms with E-state index in [4.69, 9.17) is 11.6 Å². The number of anilines is 2. The minimum atomic E-state index is -0.490. The third-order valence-corrected chi connectivity index (χ3v) is 6.89. The molecule has 3 N–H and O–H groups in total. The van der Waals surface area contributed by atoms with Crippen molar-refractivity contribution in [2.45, 2.75) is 17.1 Å². The van der Waals surface area contributed by atoms with E-state index in [2.05, 4.69) is 20.9 Å². The number of aromatic nitrogens is 1. The summed E-state index contributed by atoms with van der Waals surface area (Å²) >= 11 is 7.51. The maximum atomic E-state index is 13.2. The van der Waals surface area contributed by atoms with Gasteiger partial charge in [0.2, 0.25) is 5.91 Å². The molecule has 9 heteroatoms. The Kier molecular flexibility index (Phi) is 9.50. The standard InChI is InChI=1S/C30H25ClN4O3S/c1-20(28(36)34-26-12-6-5-11-25(26)31)39-24-15-13-23(14-16-24)33-30(38)27(18-21-8-7-17-32-19-21)35-29(37)22-9-3-2-4-10-22/h2-20H,1H3,(H,33,38)(H,34,36)(H,35,37)/b27-18-. The van der Waals surface area contributed by atoms with Gasteiger partial charge >= 0.3 is 0 Å². The van der Waals surface area contributed by atoms with Crippen LogP contribution in [0.2, 0.25) is 5.02 Å². The zero-order valence-corrected chi connectivity index (χ0v) is 22.5. The van der Waals surface area contributed by atoms with E-state index < -0.39 is 11.8 Å². The average Bonchev–Trinajstić information content (AvgIpc) is 2.96. The van der Waals surface area contributed by atoms with Crippen molar-refractivity contribution in [2.24, 2.45) is 0 Å². The molecule has 0 spiro atoms.